The summed E-state index contributed by atoms with van der Waals surface area (Å²) >= 11 is 0. The molecule has 0 fully saturated rings. The van der Waals surface area contributed by atoms with Crippen LogP contribution in [0.1, 0.15) is 17.2 Å². The van der Waals surface area contributed by atoms with E-state index in [4.69, 9.17) is 0 Å². The van der Waals surface area contributed by atoms with Crippen molar-refractivity contribution in [3.8, 4) is 0 Å². The lowest BCUT2D eigenvalue weighted by Gasteiger charge is -2.11. The summed E-state index contributed by atoms with van der Waals surface area (Å²) in [5, 5.41) is 9.44. The first-order chi connectivity index (χ1) is 10.7. The highest BCUT2D eigenvalue weighted by Crippen LogP contribution is 2.16. The topological polar surface area (TPSA) is 35.8 Å². The number of rotatable bonds is 6. The summed E-state index contributed by atoms with van der Waals surface area (Å²) in [6, 6.07) is 17.9. The van der Waals surface area contributed by atoms with Crippen LogP contribution >= 0.6 is 0 Å². The number of aliphatic hydroxyl groups is 1. The van der Waals surface area contributed by atoms with Gasteiger partial charge in [-0.1, -0.05) is 48.5 Å². The van der Waals surface area contributed by atoms with Gasteiger partial charge in [-0.15, -0.1) is 0 Å². The molecule has 0 bridgehead atoms. The number of anilines is 1. The normalized spacial score (nSPS) is 12.9. The molecule has 0 saturated carbocycles. The average Bonchev–Trinajstić information content (AvgIpc) is 2.56. The minimum Gasteiger partial charge on any atom is -0.394 e. The molecule has 3 nitrogen and oxygen atoms in total. The molecule has 0 aliphatic heterocycles. The monoisotopic (exact) mass is 294 g/mol. The summed E-state index contributed by atoms with van der Waals surface area (Å²) in [7, 11) is 4.05. The standard InChI is InChI=1S/C19H22N2O/c1-21(2)18-12-10-16(11-13-18)7-6-14-20-19(15-22)17-8-4-3-5-9-17/h3-14,19,22H,15H2,1-2H3/b7-6+,20-14?/t19-/m0/s1. The highest BCUT2D eigenvalue weighted by molar-refractivity contribution is 5.78. The lowest BCUT2D eigenvalue weighted by Crippen LogP contribution is -2.07. The van der Waals surface area contributed by atoms with E-state index in [0.717, 1.165) is 11.1 Å². The fourth-order valence-electron chi connectivity index (χ4n) is 2.11. The van der Waals surface area contributed by atoms with E-state index in [-0.39, 0.29) is 12.6 Å². The molecule has 0 aliphatic rings. The Bertz CT molecular complexity index is 616. The molecule has 0 aliphatic carbocycles. The summed E-state index contributed by atoms with van der Waals surface area (Å²) in [6.07, 6.45) is 5.65. The number of nitrogens with zero attached hydrogens (tertiary/aromatic N) is 2. The zero-order valence-corrected chi connectivity index (χ0v) is 13.1. The number of aliphatic imine (C=N–C) groups is 1. The van der Waals surface area contributed by atoms with Crippen molar-refractivity contribution >= 4 is 18.0 Å². The highest BCUT2D eigenvalue weighted by Gasteiger charge is 2.05. The van der Waals surface area contributed by atoms with Gasteiger partial charge in [0.2, 0.25) is 0 Å². The molecule has 0 saturated heterocycles. The van der Waals surface area contributed by atoms with Gasteiger partial charge in [-0.3, -0.25) is 4.99 Å². The van der Waals surface area contributed by atoms with Gasteiger partial charge in [0.25, 0.3) is 0 Å². The van der Waals surface area contributed by atoms with Crippen LogP contribution in [0, 0.1) is 0 Å². The van der Waals surface area contributed by atoms with E-state index < -0.39 is 0 Å². The largest absolute Gasteiger partial charge is 0.394 e. The van der Waals surface area contributed by atoms with Gasteiger partial charge in [0.1, 0.15) is 0 Å². The van der Waals surface area contributed by atoms with E-state index in [1.54, 1.807) is 6.21 Å². The van der Waals surface area contributed by atoms with Gasteiger partial charge < -0.3 is 10.0 Å². The maximum Gasteiger partial charge on any atom is 0.0979 e. The van der Waals surface area contributed by atoms with Crippen LogP contribution in [0.25, 0.3) is 6.08 Å². The summed E-state index contributed by atoms with van der Waals surface area (Å²) in [6.45, 7) is 0.00584. The lowest BCUT2D eigenvalue weighted by molar-refractivity contribution is 0.269. The Morgan fingerprint density at radius 1 is 1.05 bits per heavy atom. The quantitative estimate of drug-likeness (QED) is 0.827. The number of hydrogen-bond donors (Lipinski definition) is 1. The van der Waals surface area contributed by atoms with Crippen molar-refractivity contribution in [1.82, 2.24) is 0 Å². The van der Waals surface area contributed by atoms with Crippen molar-refractivity contribution < 1.29 is 5.11 Å². The van der Waals surface area contributed by atoms with Crippen LogP contribution in [0.4, 0.5) is 5.69 Å². The Balaban J connectivity index is 1.98. The van der Waals surface area contributed by atoms with Crippen LogP contribution in [0.15, 0.2) is 65.7 Å². The van der Waals surface area contributed by atoms with Crippen LogP contribution in [0.5, 0.6) is 0 Å². The molecular weight excluding hydrogens is 272 g/mol. The van der Waals surface area contributed by atoms with Gasteiger partial charge in [0.05, 0.1) is 12.6 Å². The smallest absolute Gasteiger partial charge is 0.0979 e. The maximum atomic E-state index is 9.44. The number of allylic oxidation sites excluding steroid dienone is 1. The molecule has 1 N–H and O–H groups in total. The second kappa shape index (κ2) is 8.15. The zero-order valence-electron chi connectivity index (χ0n) is 13.1. The molecule has 0 spiro atoms. The molecule has 114 valence electrons. The molecule has 0 heterocycles. The maximum absolute atomic E-state index is 9.44. The van der Waals surface area contributed by atoms with Crippen molar-refractivity contribution in [3.05, 3.63) is 71.8 Å². The van der Waals surface area contributed by atoms with Gasteiger partial charge in [0, 0.05) is 26.0 Å². The molecule has 0 aromatic heterocycles. The van der Waals surface area contributed by atoms with Crippen molar-refractivity contribution in [2.24, 2.45) is 4.99 Å². The fourth-order valence-corrected chi connectivity index (χ4v) is 2.11. The summed E-state index contributed by atoms with van der Waals surface area (Å²) in [5.41, 5.74) is 3.32. The third-order valence-electron chi connectivity index (χ3n) is 3.41. The molecular formula is C19H22N2O. The van der Waals surface area contributed by atoms with Crippen LogP contribution in [0.2, 0.25) is 0 Å². The zero-order chi connectivity index (χ0) is 15.8. The summed E-state index contributed by atoms with van der Waals surface area (Å²) < 4.78 is 0. The molecule has 2 aromatic rings. The van der Waals surface area contributed by atoms with Gasteiger partial charge in [0.15, 0.2) is 0 Å². The molecule has 3 heteroatoms. The average molecular weight is 294 g/mol. The van der Waals surface area contributed by atoms with Crippen LogP contribution < -0.4 is 4.90 Å². The minimum atomic E-state index is -0.207. The van der Waals surface area contributed by atoms with Crippen LogP contribution in [0.3, 0.4) is 0 Å². The molecule has 0 unspecified atom stereocenters. The Morgan fingerprint density at radius 2 is 1.73 bits per heavy atom. The Kier molecular flexibility index (Phi) is 5.92. The van der Waals surface area contributed by atoms with E-state index in [2.05, 4.69) is 34.2 Å². The van der Waals surface area contributed by atoms with Gasteiger partial charge in [-0.25, -0.2) is 0 Å². The molecule has 2 aromatic carbocycles. The first-order valence-electron chi connectivity index (χ1n) is 7.33. The molecule has 22 heavy (non-hydrogen) atoms. The van der Waals surface area contributed by atoms with Crippen molar-refractivity contribution in [3.63, 3.8) is 0 Å². The van der Waals surface area contributed by atoms with E-state index >= 15 is 0 Å². The van der Waals surface area contributed by atoms with Crippen LogP contribution in [-0.2, 0) is 0 Å². The van der Waals surface area contributed by atoms with Crippen molar-refractivity contribution in [1.29, 1.82) is 0 Å². The minimum absolute atomic E-state index is 0.00584. The predicted octanol–water partition coefficient (Wildman–Crippen LogP) is 3.57. The van der Waals surface area contributed by atoms with E-state index in [0.29, 0.717) is 0 Å². The Hall–Kier alpha value is -2.39. The second-order valence-electron chi connectivity index (χ2n) is 5.25. The van der Waals surface area contributed by atoms with Crippen molar-refractivity contribution in [2.45, 2.75) is 6.04 Å². The SMILES string of the molecule is CN(C)c1ccc(/C=C/C=N[C@@H](CO)c2ccccc2)cc1. The second-order valence-corrected chi connectivity index (χ2v) is 5.25. The predicted molar refractivity (Wildman–Crippen MR) is 94.6 cm³/mol. The fraction of sp³-hybridized carbons (Fsp3) is 0.211. The Labute approximate surface area is 132 Å². The van der Waals surface area contributed by atoms with Gasteiger partial charge >= 0.3 is 0 Å². The first kappa shape index (κ1) is 16.0. The lowest BCUT2D eigenvalue weighted by atomic mass is 10.1. The van der Waals surface area contributed by atoms with Gasteiger partial charge in [-0.2, -0.15) is 0 Å². The summed E-state index contributed by atoms with van der Waals surface area (Å²) in [4.78, 5) is 6.47. The van der Waals surface area contributed by atoms with Crippen molar-refractivity contribution in [2.75, 3.05) is 25.6 Å². The van der Waals surface area contributed by atoms with Gasteiger partial charge in [-0.05, 0) is 29.3 Å². The molecule has 0 radical (unpaired) electrons. The third-order valence-corrected chi connectivity index (χ3v) is 3.41. The van der Waals surface area contributed by atoms with E-state index in [1.165, 1.54) is 5.69 Å². The molecule has 2 rings (SSSR count). The number of benzene rings is 2. The first-order valence-corrected chi connectivity index (χ1v) is 7.33. The highest BCUT2D eigenvalue weighted by atomic mass is 16.3. The number of hydrogen-bond acceptors (Lipinski definition) is 3. The van der Waals surface area contributed by atoms with E-state index in [1.807, 2.05) is 56.6 Å². The van der Waals surface area contributed by atoms with E-state index in [9.17, 15) is 5.11 Å². The van der Waals surface area contributed by atoms with Crippen LogP contribution in [-0.4, -0.2) is 32.0 Å². The summed E-state index contributed by atoms with van der Waals surface area (Å²) in [5.74, 6) is 0. The number of aliphatic hydroxyl groups excluding tert-OH is 1. The third kappa shape index (κ3) is 4.57. The molecule has 0 amide bonds. The molecule has 1 atom stereocenters. The Morgan fingerprint density at radius 3 is 2.32 bits per heavy atom.